The second-order valence-corrected chi connectivity index (χ2v) is 6.15. The van der Waals surface area contributed by atoms with Gasteiger partial charge in [0.2, 0.25) is 5.91 Å². The number of hydrogen-bond acceptors (Lipinski definition) is 3. The molecule has 1 atom stereocenters. The fourth-order valence-electron chi connectivity index (χ4n) is 3.12. The van der Waals surface area contributed by atoms with Crippen LogP contribution in [0.3, 0.4) is 0 Å². The first-order chi connectivity index (χ1) is 11.6. The Balaban J connectivity index is 1.72. The fraction of sp³-hybridized carbons (Fsp3) is 0.389. The number of piperidine rings is 1. The molecule has 6 nitrogen and oxygen atoms in total. The summed E-state index contributed by atoms with van der Waals surface area (Å²) >= 11 is 0. The highest BCUT2D eigenvalue weighted by Gasteiger charge is 2.27. The van der Waals surface area contributed by atoms with Crippen LogP contribution in [0.4, 0.5) is 0 Å². The van der Waals surface area contributed by atoms with Crippen molar-refractivity contribution in [3.8, 4) is 11.1 Å². The molecule has 3 rings (SSSR count). The lowest BCUT2D eigenvalue weighted by Crippen LogP contribution is -2.49. The largest absolute Gasteiger partial charge is 0.354 e. The second-order valence-electron chi connectivity index (χ2n) is 6.15. The smallest absolute Gasteiger partial charge is 0.254 e. The predicted octanol–water partition coefficient (Wildman–Crippen LogP) is 2.21. The Kier molecular flexibility index (Phi) is 4.93. The molecule has 1 fully saturated rings. The third kappa shape index (κ3) is 3.64. The van der Waals surface area contributed by atoms with Gasteiger partial charge in [0.25, 0.3) is 5.91 Å². The van der Waals surface area contributed by atoms with Gasteiger partial charge >= 0.3 is 0 Å². The van der Waals surface area contributed by atoms with Crippen molar-refractivity contribution in [3.63, 3.8) is 0 Å². The minimum atomic E-state index is -0.0579. The van der Waals surface area contributed by atoms with Crippen molar-refractivity contribution < 1.29 is 9.59 Å². The molecule has 2 amide bonds. The van der Waals surface area contributed by atoms with E-state index in [-0.39, 0.29) is 17.9 Å². The quantitative estimate of drug-likeness (QED) is 0.904. The molecule has 0 bridgehead atoms. The average Bonchev–Trinajstić information content (AvgIpc) is 3.14. The number of hydrogen-bond donors (Lipinski definition) is 2. The van der Waals surface area contributed by atoms with Crippen molar-refractivity contribution in [1.82, 2.24) is 20.4 Å². The molecule has 2 aromatic rings. The van der Waals surface area contributed by atoms with E-state index in [4.69, 9.17) is 0 Å². The van der Waals surface area contributed by atoms with Crippen LogP contribution in [0.5, 0.6) is 0 Å². The van der Waals surface area contributed by atoms with Crippen molar-refractivity contribution >= 4 is 11.8 Å². The SMILES string of the molecule is CC(=O)NCC1CCCCN1C(=O)c1ccc(-c2cn[nH]c2)cc1. The van der Waals surface area contributed by atoms with Crippen molar-refractivity contribution in [2.45, 2.75) is 32.2 Å². The van der Waals surface area contributed by atoms with Crippen molar-refractivity contribution in [3.05, 3.63) is 42.2 Å². The first-order valence-electron chi connectivity index (χ1n) is 8.30. The van der Waals surface area contributed by atoms with Crippen LogP contribution in [0.15, 0.2) is 36.7 Å². The lowest BCUT2D eigenvalue weighted by Gasteiger charge is -2.36. The number of carbonyl (C=O) groups is 2. The molecule has 126 valence electrons. The van der Waals surface area contributed by atoms with Gasteiger partial charge < -0.3 is 10.2 Å². The van der Waals surface area contributed by atoms with Gasteiger partial charge in [0.05, 0.1) is 6.20 Å². The molecule has 2 N–H and O–H groups in total. The molecule has 1 saturated heterocycles. The third-order valence-corrected chi connectivity index (χ3v) is 4.44. The minimum absolute atomic E-state index is 0.0313. The number of amides is 2. The Bertz CT molecular complexity index is 694. The number of carbonyl (C=O) groups excluding carboxylic acids is 2. The highest BCUT2D eigenvalue weighted by molar-refractivity contribution is 5.95. The van der Waals surface area contributed by atoms with Gasteiger partial charge in [0.15, 0.2) is 0 Å². The maximum Gasteiger partial charge on any atom is 0.254 e. The molecule has 0 radical (unpaired) electrons. The van der Waals surface area contributed by atoms with Gasteiger partial charge in [0.1, 0.15) is 0 Å². The van der Waals surface area contributed by atoms with Gasteiger partial charge in [0, 0.05) is 43.4 Å². The van der Waals surface area contributed by atoms with Crippen LogP contribution in [0, 0.1) is 0 Å². The van der Waals surface area contributed by atoms with Gasteiger partial charge in [-0.1, -0.05) is 12.1 Å². The number of aromatic amines is 1. The average molecular weight is 326 g/mol. The standard InChI is InChI=1S/C18H22N4O2/c1-13(23)19-12-17-4-2-3-9-22(17)18(24)15-7-5-14(6-8-15)16-10-20-21-11-16/h5-8,10-11,17H,2-4,9,12H2,1H3,(H,19,23)(H,20,21). The van der Waals surface area contributed by atoms with E-state index in [0.717, 1.165) is 36.9 Å². The first kappa shape index (κ1) is 16.2. The molecule has 0 saturated carbocycles. The van der Waals surface area contributed by atoms with E-state index in [0.29, 0.717) is 12.1 Å². The zero-order valence-electron chi connectivity index (χ0n) is 13.8. The normalized spacial score (nSPS) is 17.5. The van der Waals surface area contributed by atoms with Crippen LogP contribution < -0.4 is 5.32 Å². The Hall–Kier alpha value is -2.63. The molecule has 6 heteroatoms. The number of rotatable bonds is 4. The van der Waals surface area contributed by atoms with Crippen molar-refractivity contribution in [2.24, 2.45) is 0 Å². The molecule has 2 heterocycles. The third-order valence-electron chi connectivity index (χ3n) is 4.44. The van der Waals surface area contributed by atoms with Crippen molar-refractivity contribution in [2.75, 3.05) is 13.1 Å². The van der Waals surface area contributed by atoms with Gasteiger partial charge in [-0.25, -0.2) is 0 Å². The van der Waals surface area contributed by atoms with Gasteiger partial charge in [-0.3, -0.25) is 14.7 Å². The first-order valence-corrected chi connectivity index (χ1v) is 8.30. The van der Waals surface area contributed by atoms with Gasteiger partial charge in [-0.05, 0) is 37.0 Å². The van der Waals surface area contributed by atoms with Crippen LogP contribution in [0.2, 0.25) is 0 Å². The molecule has 1 unspecified atom stereocenters. The minimum Gasteiger partial charge on any atom is -0.354 e. The maximum absolute atomic E-state index is 12.8. The van der Waals surface area contributed by atoms with Crippen LogP contribution >= 0.6 is 0 Å². The van der Waals surface area contributed by atoms with E-state index in [1.807, 2.05) is 35.4 Å². The zero-order chi connectivity index (χ0) is 16.9. The molecule has 0 aliphatic carbocycles. The summed E-state index contributed by atoms with van der Waals surface area (Å²) < 4.78 is 0. The van der Waals surface area contributed by atoms with Crippen LogP contribution in [0.25, 0.3) is 11.1 Å². The summed E-state index contributed by atoms with van der Waals surface area (Å²) in [7, 11) is 0. The molecule has 24 heavy (non-hydrogen) atoms. The van der Waals surface area contributed by atoms with E-state index in [2.05, 4.69) is 15.5 Å². The lowest BCUT2D eigenvalue weighted by atomic mass is 10.00. The van der Waals surface area contributed by atoms with Crippen LogP contribution in [0.1, 0.15) is 36.5 Å². The number of nitrogens with zero attached hydrogens (tertiary/aromatic N) is 2. The molecular weight excluding hydrogens is 304 g/mol. The van der Waals surface area contributed by atoms with E-state index >= 15 is 0 Å². The second kappa shape index (κ2) is 7.29. The molecule has 1 aliphatic rings. The summed E-state index contributed by atoms with van der Waals surface area (Å²) in [6.45, 7) is 2.77. The highest BCUT2D eigenvalue weighted by Crippen LogP contribution is 2.22. The Morgan fingerprint density at radius 1 is 1.25 bits per heavy atom. The molecule has 1 aromatic heterocycles. The molecule has 1 aliphatic heterocycles. The van der Waals surface area contributed by atoms with E-state index < -0.39 is 0 Å². The topological polar surface area (TPSA) is 78.1 Å². The zero-order valence-corrected chi connectivity index (χ0v) is 13.8. The summed E-state index contributed by atoms with van der Waals surface area (Å²) in [6.07, 6.45) is 6.61. The monoisotopic (exact) mass is 326 g/mol. The predicted molar refractivity (Wildman–Crippen MR) is 91.4 cm³/mol. The maximum atomic E-state index is 12.8. The van der Waals surface area contributed by atoms with Gasteiger partial charge in [-0.15, -0.1) is 0 Å². The summed E-state index contributed by atoms with van der Waals surface area (Å²) in [4.78, 5) is 25.9. The van der Waals surface area contributed by atoms with Gasteiger partial charge in [-0.2, -0.15) is 5.10 Å². The Morgan fingerprint density at radius 2 is 2.04 bits per heavy atom. The van der Waals surface area contributed by atoms with E-state index in [1.54, 1.807) is 6.20 Å². The van der Waals surface area contributed by atoms with E-state index in [1.165, 1.54) is 6.92 Å². The Labute approximate surface area is 141 Å². The molecule has 1 aromatic carbocycles. The summed E-state index contributed by atoms with van der Waals surface area (Å²) in [6, 6.07) is 7.66. The van der Waals surface area contributed by atoms with Crippen LogP contribution in [-0.2, 0) is 4.79 Å². The number of aromatic nitrogens is 2. The summed E-state index contributed by atoms with van der Waals surface area (Å²) in [5, 5.41) is 9.56. The van der Waals surface area contributed by atoms with Crippen LogP contribution in [-0.4, -0.2) is 46.0 Å². The summed E-state index contributed by atoms with van der Waals surface area (Å²) in [5.41, 5.74) is 2.70. The van der Waals surface area contributed by atoms with Crippen molar-refractivity contribution in [1.29, 1.82) is 0 Å². The molecule has 0 spiro atoms. The number of H-pyrrole nitrogens is 1. The fourth-order valence-corrected chi connectivity index (χ4v) is 3.12. The van der Waals surface area contributed by atoms with E-state index in [9.17, 15) is 9.59 Å². The highest BCUT2D eigenvalue weighted by atomic mass is 16.2. The number of likely N-dealkylation sites (tertiary alicyclic amines) is 1. The number of nitrogens with one attached hydrogen (secondary N) is 2. The number of benzene rings is 1. The lowest BCUT2D eigenvalue weighted by molar-refractivity contribution is -0.119. The molecular formula is C18H22N4O2. The Morgan fingerprint density at radius 3 is 2.71 bits per heavy atom. The summed E-state index contributed by atoms with van der Waals surface area (Å²) in [5.74, 6) is -0.0266.